The van der Waals surface area contributed by atoms with Crippen LogP contribution in [0.1, 0.15) is 43.9 Å². The lowest BCUT2D eigenvalue weighted by Crippen LogP contribution is -2.48. The Morgan fingerprint density at radius 1 is 0.906 bits per heavy atom. The van der Waals surface area contributed by atoms with Crippen molar-refractivity contribution in [1.82, 2.24) is 10.2 Å². The quantitative estimate of drug-likeness (QED) is 0.503. The van der Waals surface area contributed by atoms with E-state index < -0.39 is 6.04 Å². The number of carbonyl (C=O) groups is 2. The molecule has 0 radical (unpaired) electrons. The van der Waals surface area contributed by atoms with Crippen LogP contribution >= 0.6 is 0 Å². The number of fused-ring (bicyclic) bond motifs is 1. The van der Waals surface area contributed by atoms with Gasteiger partial charge in [-0.15, -0.1) is 0 Å². The first-order valence-corrected chi connectivity index (χ1v) is 11.4. The maximum absolute atomic E-state index is 13.4. The topological polar surface area (TPSA) is 49.4 Å². The van der Waals surface area contributed by atoms with Crippen LogP contribution in [0, 0.1) is 12.8 Å². The van der Waals surface area contributed by atoms with Gasteiger partial charge in [-0.25, -0.2) is 0 Å². The monoisotopic (exact) mass is 430 g/mol. The molecule has 0 bridgehead atoms. The van der Waals surface area contributed by atoms with Crippen molar-refractivity contribution in [2.24, 2.45) is 5.92 Å². The SMILES string of the molecule is Cc1ccc(CN(C(=O)CCc2cccc3ccccc23)C(C)C(=O)NCC(C)C)cc1. The predicted molar refractivity (Wildman–Crippen MR) is 131 cm³/mol. The second-order valence-electron chi connectivity index (χ2n) is 8.96. The molecule has 0 aliphatic carbocycles. The van der Waals surface area contributed by atoms with E-state index in [1.54, 1.807) is 4.90 Å². The Hall–Kier alpha value is -3.14. The number of nitrogens with zero attached hydrogens (tertiary/aromatic N) is 1. The maximum Gasteiger partial charge on any atom is 0.242 e. The third kappa shape index (κ3) is 6.19. The second kappa shape index (κ2) is 10.9. The Bertz CT molecular complexity index is 1050. The van der Waals surface area contributed by atoms with Gasteiger partial charge in [0, 0.05) is 19.5 Å². The van der Waals surface area contributed by atoms with Crippen molar-refractivity contribution in [3.8, 4) is 0 Å². The molecule has 3 aromatic rings. The van der Waals surface area contributed by atoms with Crippen LogP contribution in [0.3, 0.4) is 0 Å². The predicted octanol–water partition coefficient (Wildman–Crippen LogP) is 5.27. The van der Waals surface area contributed by atoms with Gasteiger partial charge in [-0.3, -0.25) is 9.59 Å². The Balaban J connectivity index is 1.76. The molecule has 0 fully saturated rings. The van der Waals surface area contributed by atoms with Gasteiger partial charge in [-0.05, 0) is 48.1 Å². The molecule has 1 unspecified atom stereocenters. The Morgan fingerprint density at radius 3 is 2.31 bits per heavy atom. The standard InChI is InChI=1S/C28H34N2O2/c1-20(2)18-29-28(32)22(4)30(19-23-14-12-21(3)13-15-23)27(31)17-16-25-10-7-9-24-8-5-6-11-26(24)25/h5-15,20,22H,16-19H2,1-4H3,(H,29,32). The zero-order valence-electron chi connectivity index (χ0n) is 19.6. The van der Waals surface area contributed by atoms with Gasteiger partial charge in [0.1, 0.15) is 6.04 Å². The molecular formula is C28H34N2O2. The molecule has 3 rings (SSSR count). The van der Waals surface area contributed by atoms with Gasteiger partial charge in [0.05, 0.1) is 0 Å². The molecule has 2 amide bonds. The largest absolute Gasteiger partial charge is 0.354 e. The Labute approximate surface area is 191 Å². The van der Waals surface area contributed by atoms with Gasteiger partial charge in [0.2, 0.25) is 11.8 Å². The van der Waals surface area contributed by atoms with Crippen LogP contribution in [-0.4, -0.2) is 29.3 Å². The van der Waals surface area contributed by atoms with Crippen LogP contribution in [0.2, 0.25) is 0 Å². The minimum Gasteiger partial charge on any atom is -0.354 e. The van der Waals surface area contributed by atoms with Gasteiger partial charge < -0.3 is 10.2 Å². The number of benzene rings is 3. The van der Waals surface area contributed by atoms with E-state index in [4.69, 9.17) is 0 Å². The number of amides is 2. The van der Waals surface area contributed by atoms with Crippen LogP contribution in [0.25, 0.3) is 10.8 Å². The molecule has 0 saturated carbocycles. The highest BCUT2D eigenvalue weighted by molar-refractivity contribution is 5.88. The summed E-state index contributed by atoms with van der Waals surface area (Å²) in [5, 5.41) is 5.33. The van der Waals surface area contributed by atoms with Crippen molar-refractivity contribution in [2.75, 3.05) is 6.54 Å². The van der Waals surface area contributed by atoms with Gasteiger partial charge in [-0.2, -0.15) is 0 Å². The number of nitrogens with one attached hydrogen (secondary N) is 1. The van der Waals surface area contributed by atoms with E-state index in [0.717, 1.165) is 11.1 Å². The number of carbonyl (C=O) groups excluding carboxylic acids is 2. The lowest BCUT2D eigenvalue weighted by atomic mass is 10.0. The van der Waals surface area contributed by atoms with Crippen LogP contribution in [0.15, 0.2) is 66.7 Å². The molecule has 32 heavy (non-hydrogen) atoms. The zero-order chi connectivity index (χ0) is 23.1. The number of hydrogen-bond donors (Lipinski definition) is 1. The third-order valence-electron chi connectivity index (χ3n) is 5.81. The normalized spacial score (nSPS) is 12.0. The molecule has 0 aromatic heterocycles. The summed E-state index contributed by atoms with van der Waals surface area (Å²) in [5.41, 5.74) is 3.35. The highest BCUT2D eigenvalue weighted by atomic mass is 16.2. The molecule has 4 nitrogen and oxygen atoms in total. The van der Waals surface area contributed by atoms with Gasteiger partial charge >= 0.3 is 0 Å². The fourth-order valence-electron chi connectivity index (χ4n) is 3.82. The van der Waals surface area contributed by atoms with Gasteiger partial charge in [-0.1, -0.05) is 86.1 Å². The summed E-state index contributed by atoms with van der Waals surface area (Å²) in [6.07, 6.45) is 1.01. The molecule has 0 aliphatic rings. The summed E-state index contributed by atoms with van der Waals surface area (Å²) in [5.74, 6) is 0.244. The molecule has 0 heterocycles. The first-order chi connectivity index (χ1) is 15.3. The summed E-state index contributed by atoms with van der Waals surface area (Å²) < 4.78 is 0. The molecule has 4 heteroatoms. The molecule has 0 spiro atoms. The average Bonchev–Trinajstić information content (AvgIpc) is 2.80. The third-order valence-corrected chi connectivity index (χ3v) is 5.81. The molecular weight excluding hydrogens is 396 g/mol. The smallest absolute Gasteiger partial charge is 0.242 e. The van der Waals surface area contributed by atoms with Gasteiger partial charge in [0.15, 0.2) is 0 Å². The maximum atomic E-state index is 13.4. The molecule has 1 atom stereocenters. The van der Waals surface area contributed by atoms with E-state index in [9.17, 15) is 9.59 Å². The summed E-state index contributed by atoms with van der Waals surface area (Å²) in [6, 6.07) is 22.0. The Morgan fingerprint density at radius 2 is 1.59 bits per heavy atom. The number of aryl methyl sites for hydroxylation is 2. The van der Waals surface area contributed by atoms with Crippen molar-refractivity contribution in [2.45, 2.75) is 53.1 Å². The number of rotatable bonds is 9. The van der Waals surface area contributed by atoms with E-state index in [1.807, 2.05) is 56.3 Å². The lowest BCUT2D eigenvalue weighted by Gasteiger charge is -2.29. The van der Waals surface area contributed by atoms with Crippen LogP contribution in [0.5, 0.6) is 0 Å². The van der Waals surface area contributed by atoms with Crippen molar-refractivity contribution < 1.29 is 9.59 Å². The van der Waals surface area contributed by atoms with E-state index >= 15 is 0 Å². The fourth-order valence-corrected chi connectivity index (χ4v) is 3.82. The second-order valence-corrected chi connectivity index (χ2v) is 8.96. The summed E-state index contributed by atoms with van der Waals surface area (Å²) in [7, 11) is 0. The van der Waals surface area contributed by atoms with Crippen molar-refractivity contribution in [3.05, 3.63) is 83.4 Å². The van der Waals surface area contributed by atoms with E-state index in [0.29, 0.717) is 31.8 Å². The molecule has 1 N–H and O–H groups in total. The Kier molecular flexibility index (Phi) is 8.04. The van der Waals surface area contributed by atoms with Crippen molar-refractivity contribution in [1.29, 1.82) is 0 Å². The highest BCUT2D eigenvalue weighted by Crippen LogP contribution is 2.21. The molecule has 168 valence electrons. The first-order valence-electron chi connectivity index (χ1n) is 11.4. The minimum absolute atomic E-state index is 0.00861. The van der Waals surface area contributed by atoms with E-state index in [-0.39, 0.29) is 11.8 Å². The zero-order valence-corrected chi connectivity index (χ0v) is 19.6. The van der Waals surface area contributed by atoms with Crippen molar-refractivity contribution >= 4 is 22.6 Å². The van der Waals surface area contributed by atoms with Crippen LogP contribution in [0.4, 0.5) is 0 Å². The summed E-state index contributed by atoms with van der Waals surface area (Å²) in [4.78, 5) is 27.8. The molecule has 3 aromatic carbocycles. The average molecular weight is 431 g/mol. The van der Waals surface area contributed by atoms with E-state index in [1.165, 1.54) is 16.3 Å². The summed E-state index contributed by atoms with van der Waals surface area (Å²) >= 11 is 0. The highest BCUT2D eigenvalue weighted by Gasteiger charge is 2.26. The van der Waals surface area contributed by atoms with Crippen molar-refractivity contribution in [3.63, 3.8) is 0 Å². The molecule has 0 aliphatic heterocycles. The van der Waals surface area contributed by atoms with Gasteiger partial charge in [0.25, 0.3) is 0 Å². The molecule has 0 saturated heterocycles. The summed E-state index contributed by atoms with van der Waals surface area (Å²) in [6.45, 7) is 9.00. The fraction of sp³-hybridized carbons (Fsp3) is 0.357. The van der Waals surface area contributed by atoms with E-state index in [2.05, 4.69) is 43.4 Å². The minimum atomic E-state index is -0.532. The van der Waals surface area contributed by atoms with Crippen LogP contribution in [-0.2, 0) is 22.6 Å². The number of hydrogen-bond acceptors (Lipinski definition) is 2. The van der Waals surface area contributed by atoms with Crippen LogP contribution < -0.4 is 5.32 Å². The first kappa shape index (κ1) is 23.5. The lowest BCUT2D eigenvalue weighted by molar-refractivity contribution is -0.140.